The van der Waals surface area contributed by atoms with Crippen molar-refractivity contribution in [1.82, 2.24) is 9.78 Å². The summed E-state index contributed by atoms with van der Waals surface area (Å²) in [6, 6.07) is 6.87. The van der Waals surface area contributed by atoms with Crippen LogP contribution >= 0.6 is 12.2 Å². The largest absolute Gasteiger partial charge is 0.389 e. The molecule has 2 aromatic rings. The molecule has 0 saturated heterocycles. The fraction of sp³-hybridized carbons (Fsp3) is 0.154. The highest BCUT2D eigenvalue weighted by molar-refractivity contribution is 7.80. The number of nitrogens with two attached hydrogens (primary N) is 2. The number of hydrogen-bond donors (Lipinski definition) is 3. The number of aromatic nitrogens is 2. The number of carbonyl (C=O) groups excluding carboxylic acids is 1. The van der Waals surface area contributed by atoms with Gasteiger partial charge < -0.3 is 16.8 Å². The second-order valence-electron chi connectivity index (χ2n) is 4.37. The Labute approximate surface area is 121 Å². The average molecular weight is 289 g/mol. The molecular weight excluding hydrogens is 274 g/mol. The van der Waals surface area contributed by atoms with Crippen LogP contribution < -0.4 is 16.8 Å². The van der Waals surface area contributed by atoms with Crippen molar-refractivity contribution in [3.63, 3.8) is 0 Å². The lowest BCUT2D eigenvalue weighted by atomic mass is 10.2. The normalized spacial score (nSPS) is 10.3. The summed E-state index contributed by atoms with van der Waals surface area (Å²) in [4.78, 5) is 11.5. The van der Waals surface area contributed by atoms with Crippen molar-refractivity contribution in [3.05, 3.63) is 41.1 Å². The number of primary amides is 1. The van der Waals surface area contributed by atoms with E-state index >= 15 is 0 Å². The third-order valence-corrected chi connectivity index (χ3v) is 3.08. The Kier molecular flexibility index (Phi) is 3.71. The van der Waals surface area contributed by atoms with Gasteiger partial charge in [0.2, 0.25) is 5.91 Å². The standard InChI is InChI=1S/C13H15N5OS/c1-7-10(12(15)20)13(18(2)17-7)16-9-5-3-4-8(6-9)11(14)19/h3-6,16H,1-2H3,(H2,14,19)(H2,15,20). The first-order chi connectivity index (χ1) is 9.40. The lowest BCUT2D eigenvalue weighted by Crippen LogP contribution is -2.13. The third-order valence-electron chi connectivity index (χ3n) is 2.88. The molecule has 0 spiro atoms. The van der Waals surface area contributed by atoms with E-state index < -0.39 is 5.91 Å². The number of amides is 1. The summed E-state index contributed by atoms with van der Waals surface area (Å²) < 4.78 is 1.65. The van der Waals surface area contributed by atoms with Gasteiger partial charge in [-0.2, -0.15) is 5.10 Å². The van der Waals surface area contributed by atoms with Gasteiger partial charge in [-0.1, -0.05) is 18.3 Å². The summed E-state index contributed by atoms with van der Waals surface area (Å²) in [5.74, 6) is 0.195. The maximum Gasteiger partial charge on any atom is 0.248 e. The lowest BCUT2D eigenvalue weighted by molar-refractivity contribution is 0.100. The van der Waals surface area contributed by atoms with Gasteiger partial charge in [-0.05, 0) is 25.1 Å². The molecule has 0 aliphatic heterocycles. The van der Waals surface area contributed by atoms with Gasteiger partial charge in [0.05, 0.1) is 11.3 Å². The summed E-state index contributed by atoms with van der Waals surface area (Å²) in [5, 5.41) is 7.44. The molecule has 0 radical (unpaired) electrons. The highest BCUT2D eigenvalue weighted by Crippen LogP contribution is 2.23. The number of benzene rings is 1. The first kappa shape index (κ1) is 14.0. The number of hydrogen-bond acceptors (Lipinski definition) is 4. The predicted molar refractivity (Wildman–Crippen MR) is 82.1 cm³/mol. The van der Waals surface area contributed by atoms with Gasteiger partial charge >= 0.3 is 0 Å². The van der Waals surface area contributed by atoms with E-state index in [-0.39, 0.29) is 4.99 Å². The molecule has 20 heavy (non-hydrogen) atoms. The summed E-state index contributed by atoms with van der Waals surface area (Å²) in [5.41, 5.74) is 13.6. The molecule has 2 rings (SSSR count). The van der Waals surface area contributed by atoms with Gasteiger partial charge in [0.15, 0.2) is 0 Å². The van der Waals surface area contributed by atoms with Crippen LogP contribution in [-0.4, -0.2) is 20.7 Å². The summed E-state index contributed by atoms with van der Waals surface area (Å²) in [6.07, 6.45) is 0. The molecule has 1 amide bonds. The fourth-order valence-electron chi connectivity index (χ4n) is 1.98. The Morgan fingerprint density at radius 2 is 2.10 bits per heavy atom. The maximum atomic E-state index is 11.2. The van der Waals surface area contributed by atoms with Crippen LogP contribution in [0.2, 0.25) is 0 Å². The molecule has 0 unspecified atom stereocenters. The molecule has 6 nitrogen and oxygen atoms in total. The molecule has 0 atom stereocenters. The van der Waals surface area contributed by atoms with E-state index in [9.17, 15) is 4.79 Å². The monoisotopic (exact) mass is 289 g/mol. The number of nitrogens with one attached hydrogen (secondary N) is 1. The zero-order valence-electron chi connectivity index (χ0n) is 11.2. The van der Waals surface area contributed by atoms with Gasteiger partial charge in [0, 0.05) is 18.3 Å². The minimum atomic E-state index is -0.482. The molecule has 0 fully saturated rings. The van der Waals surface area contributed by atoms with Crippen LogP contribution in [-0.2, 0) is 7.05 Å². The second-order valence-corrected chi connectivity index (χ2v) is 4.81. The van der Waals surface area contributed by atoms with Crippen LogP contribution in [0.25, 0.3) is 0 Å². The SMILES string of the molecule is Cc1nn(C)c(Nc2cccc(C(N)=O)c2)c1C(N)=S. The molecular formula is C13H15N5OS. The number of carbonyl (C=O) groups is 1. The van der Waals surface area contributed by atoms with Gasteiger partial charge in [-0.15, -0.1) is 0 Å². The Morgan fingerprint density at radius 1 is 1.40 bits per heavy atom. The topological polar surface area (TPSA) is 99.0 Å². The fourth-order valence-corrected chi connectivity index (χ4v) is 2.23. The zero-order chi connectivity index (χ0) is 14.9. The minimum Gasteiger partial charge on any atom is -0.389 e. The smallest absolute Gasteiger partial charge is 0.248 e. The van der Waals surface area contributed by atoms with Crippen LogP contribution in [0.3, 0.4) is 0 Å². The number of nitrogens with zero attached hydrogens (tertiary/aromatic N) is 2. The van der Waals surface area contributed by atoms with E-state index in [1.54, 1.807) is 29.9 Å². The average Bonchev–Trinajstić information content (AvgIpc) is 2.64. The molecule has 0 bridgehead atoms. The lowest BCUT2D eigenvalue weighted by Gasteiger charge is -2.10. The third kappa shape index (κ3) is 2.62. The quantitative estimate of drug-likeness (QED) is 0.735. The zero-order valence-corrected chi connectivity index (χ0v) is 12.0. The summed E-state index contributed by atoms with van der Waals surface area (Å²) in [7, 11) is 1.79. The van der Waals surface area contributed by atoms with E-state index in [0.29, 0.717) is 22.6 Å². The van der Waals surface area contributed by atoms with Gasteiger partial charge in [0.25, 0.3) is 0 Å². The molecule has 104 valence electrons. The first-order valence-electron chi connectivity index (χ1n) is 5.90. The van der Waals surface area contributed by atoms with E-state index in [1.807, 2.05) is 13.0 Å². The summed E-state index contributed by atoms with van der Waals surface area (Å²) >= 11 is 5.04. The molecule has 1 aromatic carbocycles. The minimum absolute atomic E-state index is 0.268. The number of rotatable bonds is 4. The Bertz CT molecular complexity index is 692. The number of anilines is 2. The van der Waals surface area contributed by atoms with Crippen molar-refractivity contribution in [2.24, 2.45) is 18.5 Å². The maximum absolute atomic E-state index is 11.2. The van der Waals surface area contributed by atoms with Crippen LogP contribution in [0.1, 0.15) is 21.6 Å². The molecule has 0 aliphatic carbocycles. The predicted octanol–water partition coefficient (Wildman–Crippen LogP) is 1.21. The highest BCUT2D eigenvalue weighted by atomic mass is 32.1. The second kappa shape index (κ2) is 5.30. The molecule has 1 aromatic heterocycles. The molecule has 5 N–H and O–H groups in total. The van der Waals surface area contributed by atoms with Crippen LogP contribution in [0.5, 0.6) is 0 Å². The Morgan fingerprint density at radius 3 is 2.70 bits per heavy atom. The van der Waals surface area contributed by atoms with Crippen LogP contribution in [0.4, 0.5) is 11.5 Å². The first-order valence-corrected chi connectivity index (χ1v) is 6.31. The Balaban J connectivity index is 2.42. The van der Waals surface area contributed by atoms with Gasteiger partial charge in [0.1, 0.15) is 10.8 Å². The highest BCUT2D eigenvalue weighted by Gasteiger charge is 2.15. The molecule has 1 heterocycles. The summed E-state index contributed by atoms with van der Waals surface area (Å²) in [6.45, 7) is 1.83. The van der Waals surface area contributed by atoms with Crippen LogP contribution in [0.15, 0.2) is 24.3 Å². The van der Waals surface area contributed by atoms with E-state index in [0.717, 1.165) is 5.69 Å². The van der Waals surface area contributed by atoms with Crippen molar-refractivity contribution in [2.75, 3.05) is 5.32 Å². The van der Waals surface area contributed by atoms with Crippen molar-refractivity contribution in [1.29, 1.82) is 0 Å². The van der Waals surface area contributed by atoms with Crippen molar-refractivity contribution in [2.45, 2.75) is 6.92 Å². The van der Waals surface area contributed by atoms with E-state index in [4.69, 9.17) is 23.7 Å². The molecule has 0 saturated carbocycles. The van der Waals surface area contributed by atoms with Crippen molar-refractivity contribution < 1.29 is 4.79 Å². The van der Waals surface area contributed by atoms with E-state index in [1.165, 1.54) is 0 Å². The van der Waals surface area contributed by atoms with Crippen molar-refractivity contribution in [3.8, 4) is 0 Å². The van der Waals surface area contributed by atoms with Crippen LogP contribution in [0, 0.1) is 6.92 Å². The number of thiocarbonyl (C=S) groups is 1. The van der Waals surface area contributed by atoms with Gasteiger partial charge in [-0.25, -0.2) is 0 Å². The number of aryl methyl sites for hydroxylation is 2. The van der Waals surface area contributed by atoms with E-state index in [2.05, 4.69) is 10.4 Å². The molecule has 7 heteroatoms. The van der Waals surface area contributed by atoms with Gasteiger partial charge in [-0.3, -0.25) is 9.48 Å². The molecule has 0 aliphatic rings. The Hall–Kier alpha value is -2.41. The van der Waals surface area contributed by atoms with Crippen molar-refractivity contribution >= 4 is 34.6 Å².